The van der Waals surface area contributed by atoms with Gasteiger partial charge in [0.15, 0.2) is 17.3 Å². The topological polar surface area (TPSA) is 83.4 Å². The van der Waals surface area contributed by atoms with E-state index in [9.17, 15) is 9.59 Å². The highest BCUT2D eigenvalue weighted by Crippen LogP contribution is 2.49. The molecule has 2 aromatic rings. The van der Waals surface area contributed by atoms with Crippen LogP contribution in [-0.2, 0) is 14.3 Å². The largest absolute Gasteiger partial charge is 0.493 e. The van der Waals surface area contributed by atoms with Crippen molar-refractivity contribution < 1.29 is 28.5 Å². The van der Waals surface area contributed by atoms with Gasteiger partial charge in [0.25, 0.3) is 0 Å². The standard InChI is InChI=1S/C31H37NO6/c1-7-14-37-31(34)28-19(4)32-23-15-21(20-12-13-26(35-5)27(17-20)36-6)16-24(33)30(23)29(28)22-10-8-9-11-25(22)38-18(2)3/h8-13,17-18,21,28-29H,7,14-16H2,1-6H3/t21-,28?,29+/m1/s1. The fourth-order valence-electron chi connectivity index (χ4n) is 5.43. The van der Waals surface area contributed by atoms with Gasteiger partial charge in [0.05, 0.1) is 26.9 Å². The summed E-state index contributed by atoms with van der Waals surface area (Å²) in [5, 5.41) is 0. The molecule has 1 aliphatic heterocycles. The molecule has 1 aliphatic carbocycles. The summed E-state index contributed by atoms with van der Waals surface area (Å²) in [6, 6.07) is 13.4. The van der Waals surface area contributed by atoms with Crippen molar-refractivity contribution in [2.24, 2.45) is 10.9 Å². The highest BCUT2D eigenvalue weighted by Gasteiger charge is 2.45. The lowest BCUT2D eigenvalue weighted by Gasteiger charge is -2.37. The molecule has 7 nitrogen and oxygen atoms in total. The summed E-state index contributed by atoms with van der Waals surface area (Å²) in [4.78, 5) is 32.2. The number of Topliss-reactive ketones (excluding diaryl/α,β-unsaturated/α-hetero) is 1. The monoisotopic (exact) mass is 519 g/mol. The molecule has 2 aliphatic rings. The summed E-state index contributed by atoms with van der Waals surface area (Å²) in [5.74, 6) is 0.261. The minimum absolute atomic E-state index is 0.0140. The first-order chi connectivity index (χ1) is 18.3. The zero-order chi connectivity index (χ0) is 27.4. The van der Waals surface area contributed by atoms with E-state index in [4.69, 9.17) is 23.9 Å². The van der Waals surface area contributed by atoms with Crippen LogP contribution in [0.2, 0.25) is 0 Å². The number of hydrogen-bond acceptors (Lipinski definition) is 7. The number of allylic oxidation sites excluding steroid dienone is 2. The van der Waals surface area contributed by atoms with E-state index in [0.717, 1.165) is 16.8 Å². The van der Waals surface area contributed by atoms with Gasteiger partial charge in [-0.2, -0.15) is 0 Å². The Hall–Kier alpha value is -3.61. The van der Waals surface area contributed by atoms with E-state index in [1.54, 1.807) is 14.2 Å². The van der Waals surface area contributed by atoms with Crippen LogP contribution < -0.4 is 14.2 Å². The number of ketones is 1. The normalized spacial score (nSPS) is 21.1. The Morgan fingerprint density at radius 3 is 2.45 bits per heavy atom. The number of carbonyl (C=O) groups is 2. The van der Waals surface area contributed by atoms with Crippen LogP contribution in [0, 0.1) is 5.92 Å². The molecule has 7 heteroatoms. The molecular weight excluding hydrogens is 482 g/mol. The molecule has 0 saturated carbocycles. The van der Waals surface area contributed by atoms with Gasteiger partial charge in [-0.3, -0.25) is 14.6 Å². The number of para-hydroxylation sites is 1. The third-order valence-electron chi connectivity index (χ3n) is 7.09. The maximum absolute atomic E-state index is 13.9. The van der Waals surface area contributed by atoms with E-state index in [2.05, 4.69) is 0 Å². The van der Waals surface area contributed by atoms with Crippen molar-refractivity contribution in [3.05, 3.63) is 64.9 Å². The fraction of sp³-hybridized carbons (Fsp3) is 0.452. The average molecular weight is 520 g/mol. The number of benzene rings is 2. The Kier molecular flexibility index (Phi) is 8.55. The van der Waals surface area contributed by atoms with Gasteiger partial charge in [-0.15, -0.1) is 0 Å². The van der Waals surface area contributed by atoms with Crippen LogP contribution >= 0.6 is 0 Å². The van der Waals surface area contributed by atoms with Crippen LogP contribution in [-0.4, -0.2) is 44.4 Å². The molecule has 4 rings (SSSR count). The Morgan fingerprint density at radius 2 is 1.76 bits per heavy atom. The first-order valence-electron chi connectivity index (χ1n) is 13.2. The molecule has 0 radical (unpaired) electrons. The molecule has 38 heavy (non-hydrogen) atoms. The molecule has 0 fully saturated rings. The molecule has 0 aromatic heterocycles. The lowest BCUT2D eigenvalue weighted by molar-refractivity contribution is -0.146. The van der Waals surface area contributed by atoms with Gasteiger partial charge in [-0.05, 0) is 63.3 Å². The van der Waals surface area contributed by atoms with Crippen molar-refractivity contribution in [3.63, 3.8) is 0 Å². The lowest BCUT2D eigenvalue weighted by Crippen LogP contribution is -2.38. The Balaban J connectivity index is 1.80. The number of methoxy groups -OCH3 is 2. The van der Waals surface area contributed by atoms with E-state index in [-0.39, 0.29) is 23.8 Å². The third kappa shape index (κ3) is 5.47. The zero-order valence-electron chi connectivity index (χ0n) is 23.1. The van der Waals surface area contributed by atoms with Crippen LogP contribution in [0.1, 0.15) is 69.9 Å². The van der Waals surface area contributed by atoms with Crippen molar-refractivity contribution in [1.82, 2.24) is 0 Å². The van der Waals surface area contributed by atoms with E-state index in [1.165, 1.54) is 0 Å². The quantitative estimate of drug-likeness (QED) is 0.377. The number of rotatable bonds is 9. The summed E-state index contributed by atoms with van der Waals surface area (Å²) < 4.78 is 22.6. The summed E-state index contributed by atoms with van der Waals surface area (Å²) >= 11 is 0. The first-order valence-corrected chi connectivity index (χ1v) is 13.2. The number of esters is 1. The van der Waals surface area contributed by atoms with Crippen molar-refractivity contribution in [2.45, 2.75) is 64.9 Å². The number of carbonyl (C=O) groups excluding carboxylic acids is 2. The minimum atomic E-state index is -0.696. The van der Waals surface area contributed by atoms with E-state index in [0.29, 0.717) is 54.4 Å². The van der Waals surface area contributed by atoms with Gasteiger partial charge in [0.2, 0.25) is 0 Å². The fourth-order valence-corrected chi connectivity index (χ4v) is 5.43. The predicted octanol–water partition coefficient (Wildman–Crippen LogP) is 6.02. The predicted molar refractivity (Wildman–Crippen MR) is 146 cm³/mol. The summed E-state index contributed by atoms with van der Waals surface area (Å²) in [7, 11) is 3.20. The lowest BCUT2D eigenvalue weighted by atomic mass is 9.69. The van der Waals surface area contributed by atoms with Gasteiger partial charge in [-0.1, -0.05) is 31.2 Å². The van der Waals surface area contributed by atoms with Gasteiger partial charge < -0.3 is 18.9 Å². The minimum Gasteiger partial charge on any atom is -0.493 e. The smallest absolute Gasteiger partial charge is 0.315 e. The van der Waals surface area contributed by atoms with Gasteiger partial charge in [-0.25, -0.2) is 0 Å². The van der Waals surface area contributed by atoms with E-state index < -0.39 is 11.8 Å². The van der Waals surface area contributed by atoms with Crippen LogP contribution in [0.4, 0.5) is 0 Å². The highest BCUT2D eigenvalue weighted by atomic mass is 16.5. The molecule has 1 unspecified atom stereocenters. The van der Waals surface area contributed by atoms with Crippen LogP contribution in [0.15, 0.2) is 58.7 Å². The van der Waals surface area contributed by atoms with Gasteiger partial charge >= 0.3 is 5.97 Å². The molecule has 0 bridgehead atoms. The van der Waals surface area contributed by atoms with E-state index >= 15 is 0 Å². The summed E-state index contributed by atoms with van der Waals surface area (Å²) in [6.07, 6.45) is 1.54. The molecule has 3 atom stereocenters. The van der Waals surface area contributed by atoms with Gasteiger partial charge in [0.1, 0.15) is 11.7 Å². The first kappa shape index (κ1) is 27.4. The van der Waals surface area contributed by atoms with Crippen LogP contribution in [0.5, 0.6) is 17.2 Å². The second-order valence-corrected chi connectivity index (χ2v) is 10.1. The molecule has 1 heterocycles. The van der Waals surface area contributed by atoms with Crippen molar-refractivity contribution >= 4 is 17.5 Å². The molecule has 0 amide bonds. The number of ether oxygens (including phenoxy) is 4. The number of hydrogen-bond donors (Lipinski definition) is 0. The second-order valence-electron chi connectivity index (χ2n) is 10.1. The Morgan fingerprint density at radius 1 is 1.03 bits per heavy atom. The van der Waals surface area contributed by atoms with Crippen LogP contribution in [0.25, 0.3) is 0 Å². The third-order valence-corrected chi connectivity index (χ3v) is 7.09. The summed E-state index contributed by atoms with van der Waals surface area (Å²) in [6.45, 7) is 8.05. The highest BCUT2D eigenvalue weighted by molar-refractivity contribution is 6.09. The van der Waals surface area contributed by atoms with E-state index in [1.807, 2.05) is 70.2 Å². The molecule has 2 aromatic carbocycles. The van der Waals surface area contributed by atoms with Crippen molar-refractivity contribution in [2.75, 3.05) is 20.8 Å². The second kappa shape index (κ2) is 11.8. The molecule has 202 valence electrons. The Labute approximate surface area is 224 Å². The van der Waals surface area contributed by atoms with Gasteiger partial charge in [0, 0.05) is 34.9 Å². The van der Waals surface area contributed by atoms with Crippen LogP contribution in [0.3, 0.4) is 0 Å². The number of nitrogens with zero attached hydrogens (tertiary/aromatic N) is 1. The maximum atomic E-state index is 13.9. The SMILES string of the molecule is CCCOC(=O)C1C(C)=NC2=C(C(=O)C[C@H](c3ccc(OC)c(OC)c3)C2)[C@H]1c1ccccc1OC(C)C. The van der Waals surface area contributed by atoms with Crippen molar-refractivity contribution in [3.8, 4) is 17.2 Å². The zero-order valence-corrected chi connectivity index (χ0v) is 23.1. The number of aliphatic imine (C=N–C) groups is 1. The average Bonchev–Trinajstić information content (AvgIpc) is 2.90. The Bertz CT molecular complexity index is 1260. The molecule has 0 spiro atoms. The molecule has 0 N–H and O–H groups in total. The summed E-state index contributed by atoms with van der Waals surface area (Å²) in [5.41, 5.74) is 3.75. The maximum Gasteiger partial charge on any atom is 0.315 e. The van der Waals surface area contributed by atoms with Crippen molar-refractivity contribution in [1.29, 1.82) is 0 Å². The molecule has 0 saturated heterocycles. The molecular formula is C31H37NO6.